The molecule has 0 saturated heterocycles. The van der Waals surface area contributed by atoms with Crippen molar-refractivity contribution >= 4 is 30.8 Å². The van der Waals surface area contributed by atoms with Crippen molar-refractivity contribution in [3.8, 4) is 0 Å². The molecule has 0 aromatic carbocycles. The third-order valence-corrected chi connectivity index (χ3v) is 1.21. The molecule has 0 fully saturated rings. The number of nitrogens with two attached hydrogens (primary N) is 1. The molecule has 4 nitrogen and oxygen atoms in total. The van der Waals surface area contributed by atoms with Crippen molar-refractivity contribution in [2.24, 2.45) is 5.73 Å². The maximum Gasteiger partial charge on any atom is 0.222 e. The number of aromatic nitrogens is 2. The molecule has 1 aromatic heterocycles. The van der Waals surface area contributed by atoms with Crippen LogP contribution in [-0.2, 0) is 0 Å². The highest BCUT2D eigenvalue weighted by atomic mass is 35.5. The summed E-state index contributed by atoms with van der Waals surface area (Å²) in [5, 5.41) is 2.97. The molecule has 0 atom stereocenters. The first-order chi connectivity index (χ1) is 5.33. The molecule has 0 bridgehead atoms. The van der Waals surface area contributed by atoms with Gasteiger partial charge in [-0.2, -0.15) is 0 Å². The normalized spacial score (nSPS) is 8.15. The summed E-state index contributed by atoms with van der Waals surface area (Å²) in [6.07, 6.45) is 3.54. The number of hydrogen-bond donors (Lipinski definition) is 2. The Morgan fingerprint density at radius 2 is 1.85 bits per heavy atom. The molecule has 0 aliphatic carbocycles. The van der Waals surface area contributed by atoms with E-state index in [1.807, 2.05) is 6.92 Å². The molecule has 1 aromatic rings. The zero-order chi connectivity index (χ0) is 8.10. The smallest absolute Gasteiger partial charge is 0.222 e. The lowest BCUT2D eigenvalue weighted by atomic mass is 10.4. The van der Waals surface area contributed by atoms with E-state index < -0.39 is 0 Å². The second-order valence-corrected chi connectivity index (χ2v) is 2.30. The predicted octanol–water partition coefficient (Wildman–Crippen LogP) is 0.999. The maximum absolute atomic E-state index is 5.29. The van der Waals surface area contributed by atoms with E-state index in [0.717, 1.165) is 5.56 Å². The molecule has 0 amide bonds. The summed E-state index contributed by atoms with van der Waals surface area (Å²) in [7, 11) is 0. The Hall–Kier alpha value is -0.580. The molecule has 6 heteroatoms. The fraction of sp³-hybridized carbons (Fsp3) is 0.429. The van der Waals surface area contributed by atoms with Crippen LogP contribution in [0, 0.1) is 6.92 Å². The van der Waals surface area contributed by atoms with Gasteiger partial charge in [-0.25, -0.2) is 9.97 Å². The molecule has 0 radical (unpaired) electrons. The minimum atomic E-state index is 0. The van der Waals surface area contributed by atoms with Gasteiger partial charge in [0.15, 0.2) is 0 Å². The van der Waals surface area contributed by atoms with Gasteiger partial charge in [-0.3, -0.25) is 0 Å². The van der Waals surface area contributed by atoms with Crippen molar-refractivity contribution in [1.29, 1.82) is 0 Å². The van der Waals surface area contributed by atoms with E-state index in [-0.39, 0.29) is 24.8 Å². The summed E-state index contributed by atoms with van der Waals surface area (Å²) in [5.74, 6) is 0.640. The van der Waals surface area contributed by atoms with E-state index in [1.165, 1.54) is 0 Å². The van der Waals surface area contributed by atoms with Gasteiger partial charge < -0.3 is 11.1 Å². The summed E-state index contributed by atoms with van der Waals surface area (Å²) in [4.78, 5) is 8.08. The SMILES string of the molecule is Cc1cnc(NCCN)nc1.Cl.Cl. The Kier molecular flexibility index (Phi) is 9.22. The number of nitrogens with zero attached hydrogens (tertiary/aromatic N) is 2. The Balaban J connectivity index is 0. The van der Waals surface area contributed by atoms with Crippen molar-refractivity contribution < 1.29 is 0 Å². The Morgan fingerprint density at radius 1 is 1.31 bits per heavy atom. The summed E-state index contributed by atoms with van der Waals surface area (Å²) < 4.78 is 0. The highest BCUT2D eigenvalue weighted by molar-refractivity contribution is 5.85. The zero-order valence-corrected chi connectivity index (χ0v) is 8.99. The number of halogens is 2. The number of anilines is 1. The molecule has 0 aliphatic rings. The van der Waals surface area contributed by atoms with E-state index in [4.69, 9.17) is 5.73 Å². The highest BCUT2D eigenvalue weighted by Crippen LogP contribution is 1.96. The van der Waals surface area contributed by atoms with Crippen LogP contribution >= 0.6 is 24.8 Å². The topological polar surface area (TPSA) is 63.8 Å². The van der Waals surface area contributed by atoms with Gasteiger partial charge in [-0.15, -0.1) is 24.8 Å². The molecule has 1 heterocycles. The third-order valence-electron chi connectivity index (χ3n) is 1.21. The average molecular weight is 225 g/mol. The van der Waals surface area contributed by atoms with Gasteiger partial charge >= 0.3 is 0 Å². The molecular formula is C7H14Cl2N4. The molecule has 1 rings (SSSR count). The highest BCUT2D eigenvalue weighted by Gasteiger charge is 1.91. The fourth-order valence-corrected chi connectivity index (χ4v) is 0.668. The zero-order valence-electron chi connectivity index (χ0n) is 7.36. The first kappa shape index (κ1) is 14.9. The second-order valence-electron chi connectivity index (χ2n) is 2.30. The lowest BCUT2D eigenvalue weighted by molar-refractivity contribution is 0.985. The van der Waals surface area contributed by atoms with E-state index >= 15 is 0 Å². The van der Waals surface area contributed by atoms with E-state index in [9.17, 15) is 0 Å². The number of rotatable bonds is 3. The monoisotopic (exact) mass is 224 g/mol. The van der Waals surface area contributed by atoms with Crippen LogP contribution in [0.1, 0.15) is 5.56 Å². The maximum atomic E-state index is 5.29. The summed E-state index contributed by atoms with van der Waals surface area (Å²) >= 11 is 0. The van der Waals surface area contributed by atoms with E-state index in [2.05, 4.69) is 15.3 Å². The molecule has 13 heavy (non-hydrogen) atoms. The summed E-state index contributed by atoms with van der Waals surface area (Å²) in [5.41, 5.74) is 6.35. The van der Waals surface area contributed by atoms with Crippen LogP contribution in [0.15, 0.2) is 12.4 Å². The minimum absolute atomic E-state index is 0. The molecule has 0 saturated carbocycles. The predicted molar refractivity (Wildman–Crippen MR) is 58.8 cm³/mol. The van der Waals surface area contributed by atoms with Gasteiger partial charge in [-0.1, -0.05) is 0 Å². The Labute approximate surface area is 90.2 Å². The fourth-order valence-electron chi connectivity index (χ4n) is 0.668. The van der Waals surface area contributed by atoms with Crippen LogP contribution in [0.4, 0.5) is 5.95 Å². The van der Waals surface area contributed by atoms with Gasteiger partial charge in [0.05, 0.1) is 0 Å². The molecule has 76 valence electrons. The minimum Gasteiger partial charge on any atom is -0.353 e. The second kappa shape index (κ2) is 8.04. The van der Waals surface area contributed by atoms with Crippen LogP contribution in [0.3, 0.4) is 0 Å². The van der Waals surface area contributed by atoms with Gasteiger partial charge in [0.25, 0.3) is 0 Å². The number of nitrogens with one attached hydrogen (secondary N) is 1. The van der Waals surface area contributed by atoms with Crippen molar-refractivity contribution in [1.82, 2.24) is 9.97 Å². The van der Waals surface area contributed by atoms with Gasteiger partial charge in [0.2, 0.25) is 5.95 Å². The van der Waals surface area contributed by atoms with Crippen LogP contribution < -0.4 is 11.1 Å². The number of aryl methyl sites for hydroxylation is 1. The molecular weight excluding hydrogens is 211 g/mol. The van der Waals surface area contributed by atoms with Crippen molar-refractivity contribution in [2.75, 3.05) is 18.4 Å². The standard InChI is InChI=1S/C7H12N4.2ClH/c1-6-4-10-7(11-5-6)9-3-2-8;;/h4-5H,2-3,8H2,1H3,(H,9,10,11);2*1H. The van der Waals surface area contributed by atoms with Gasteiger partial charge in [0, 0.05) is 25.5 Å². The van der Waals surface area contributed by atoms with Gasteiger partial charge in [0.1, 0.15) is 0 Å². The number of hydrogen-bond acceptors (Lipinski definition) is 4. The van der Waals surface area contributed by atoms with Crippen LogP contribution in [0.5, 0.6) is 0 Å². The summed E-state index contributed by atoms with van der Waals surface area (Å²) in [6.45, 7) is 3.26. The Bertz CT molecular complexity index is 214. The largest absolute Gasteiger partial charge is 0.353 e. The molecule has 0 spiro atoms. The first-order valence-electron chi connectivity index (χ1n) is 3.55. The van der Waals surface area contributed by atoms with Crippen molar-refractivity contribution in [3.63, 3.8) is 0 Å². The Morgan fingerprint density at radius 3 is 2.31 bits per heavy atom. The average Bonchev–Trinajstić information content (AvgIpc) is 2.04. The molecule has 0 aliphatic heterocycles. The summed E-state index contributed by atoms with van der Waals surface area (Å²) in [6, 6.07) is 0. The van der Waals surface area contributed by atoms with E-state index in [0.29, 0.717) is 19.0 Å². The van der Waals surface area contributed by atoms with Crippen LogP contribution in [-0.4, -0.2) is 23.1 Å². The lowest BCUT2D eigenvalue weighted by Crippen LogP contribution is -2.14. The first-order valence-corrected chi connectivity index (χ1v) is 3.55. The van der Waals surface area contributed by atoms with Crippen LogP contribution in [0.25, 0.3) is 0 Å². The van der Waals surface area contributed by atoms with Crippen molar-refractivity contribution in [2.45, 2.75) is 6.92 Å². The molecule has 0 unspecified atom stereocenters. The van der Waals surface area contributed by atoms with Crippen LogP contribution in [0.2, 0.25) is 0 Å². The van der Waals surface area contributed by atoms with E-state index in [1.54, 1.807) is 12.4 Å². The van der Waals surface area contributed by atoms with Crippen molar-refractivity contribution in [3.05, 3.63) is 18.0 Å². The lowest BCUT2D eigenvalue weighted by Gasteiger charge is -2.00. The quantitative estimate of drug-likeness (QED) is 0.805. The van der Waals surface area contributed by atoms with Gasteiger partial charge in [-0.05, 0) is 12.5 Å². The molecule has 3 N–H and O–H groups in total. The third kappa shape index (κ3) is 5.63.